The Morgan fingerprint density at radius 1 is 1.12 bits per heavy atom. The van der Waals surface area contributed by atoms with Crippen molar-refractivity contribution in [2.24, 2.45) is 10.7 Å². The van der Waals surface area contributed by atoms with Gasteiger partial charge in [-0.3, -0.25) is 4.99 Å². The maximum Gasteiger partial charge on any atom is 0.191 e. The minimum Gasteiger partial charge on any atom is -0.370 e. The smallest absolute Gasteiger partial charge is 0.191 e. The van der Waals surface area contributed by atoms with Gasteiger partial charge in [0.15, 0.2) is 5.96 Å². The second-order valence-electron chi connectivity index (χ2n) is 5.90. The molecule has 0 aliphatic carbocycles. The van der Waals surface area contributed by atoms with Crippen molar-refractivity contribution in [1.29, 1.82) is 0 Å². The third kappa shape index (κ3) is 5.44. The number of hydrogen-bond acceptors (Lipinski definition) is 3. The lowest BCUT2D eigenvalue weighted by molar-refractivity contribution is 0.428. The molecule has 1 aromatic heterocycles. The monoisotopic (exact) mass is 456 g/mol. The number of guanidine groups is 1. The fraction of sp³-hybridized carbons (Fsp3) is 0.444. The zero-order valence-corrected chi connectivity index (χ0v) is 17.0. The van der Waals surface area contributed by atoms with Crippen molar-refractivity contribution in [3.05, 3.63) is 41.4 Å². The minimum atomic E-state index is 0. The van der Waals surface area contributed by atoms with Gasteiger partial charge in [0, 0.05) is 37.0 Å². The second kappa shape index (κ2) is 9.98. The van der Waals surface area contributed by atoms with Crippen LogP contribution in [0.4, 0.5) is 0 Å². The van der Waals surface area contributed by atoms with E-state index in [9.17, 15) is 0 Å². The highest BCUT2D eigenvalue weighted by Crippen LogP contribution is 2.23. The van der Waals surface area contributed by atoms with Gasteiger partial charge >= 0.3 is 0 Å². The van der Waals surface area contributed by atoms with Crippen molar-refractivity contribution in [3.8, 4) is 10.6 Å². The van der Waals surface area contributed by atoms with Crippen LogP contribution in [0.5, 0.6) is 0 Å². The number of hydrogen-bond donors (Lipinski definition) is 1. The van der Waals surface area contributed by atoms with Crippen LogP contribution in [0, 0.1) is 0 Å². The number of aliphatic imine (C=N–C) groups is 1. The Balaban J connectivity index is 0.00000208. The van der Waals surface area contributed by atoms with Crippen LogP contribution in [0.15, 0.2) is 40.7 Å². The van der Waals surface area contributed by atoms with Crippen LogP contribution in [0.2, 0.25) is 0 Å². The fourth-order valence-electron chi connectivity index (χ4n) is 2.82. The highest BCUT2D eigenvalue weighted by Gasteiger charge is 2.10. The topological polar surface area (TPSA) is 54.5 Å². The molecule has 0 radical (unpaired) electrons. The molecule has 1 fully saturated rings. The molecule has 1 aliphatic heterocycles. The van der Waals surface area contributed by atoms with Crippen LogP contribution in [0.1, 0.15) is 31.4 Å². The van der Waals surface area contributed by atoms with E-state index in [2.05, 4.69) is 27.4 Å². The van der Waals surface area contributed by atoms with Crippen LogP contribution in [0.3, 0.4) is 0 Å². The molecular formula is C18H25IN4S. The lowest BCUT2D eigenvalue weighted by atomic mass is 10.2. The van der Waals surface area contributed by atoms with Gasteiger partial charge in [-0.1, -0.05) is 43.2 Å². The van der Waals surface area contributed by atoms with Crippen molar-refractivity contribution in [3.63, 3.8) is 0 Å². The van der Waals surface area contributed by atoms with E-state index >= 15 is 0 Å². The number of halogens is 1. The molecule has 130 valence electrons. The molecule has 3 rings (SSSR count). The third-order valence-electron chi connectivity index (χ3n) is 4.14. The number of thiazole rings is 1. The summed E-state index contributed by atoms with van der Waals surface area (Å²) in [5.74, 6) is 0.699. The van der Waals surface area contributed by atoms with Gasteiger partial charge in [-0.15, -0.1) is 35.3 Å². The summed E-state index contributed by atoms with van der Waals surface area (Å²) in [5, 5.41) is 3.20. The zero-order valence-electron chi connectivity index (χ0n) is 13.9. The van der Waals surface area contributed by atoms with Crippen LogP contribution in [0.25, 0.3) is 10.6 Å². The van der Waals surface area contributed by atoms with Gasteiger partial charge in [0.1, 0.15) is 5.01 Å². The molecular weight excluding hydrogens is 431 g/mol. The number of likely N-dealkylation sites (tertiary alicyclic amines) is 1. The van der Waals surface area contributed by atoms with Gasteiger partial charge in [0.05, 0.1) is 5.69 Å². The Kier molecular flexibility index (Phi) is 7.98. The molecule has 1 saturated heterocycles. The lowest BCUT2D eigenvalue weighted by Gasteiger charge is -2.20. The lowest BCUT2D eigenvalue weighted by Crippen LogP contribution is -2.38. The van der Waals surface area contributed by atoms with E-state index in [1.807, 2.05) is 18.2 Å². The Labute approximate surface area is 165 Å². The summed E-state index contributed by atoms with van der Waals surface area (Å²) in [6.07, 6.45) is 5.92. The summed E-state index contributed by atoms with van der Waals surface area (Å²) in [4.78, 5) is 11.5. The summed E-state index contributed by atoms with van der Waals surface area (Å²) in [7, 11) is 0. The van der Waals surface area contributed by atoms with Crippen LogP contribution in [-0.4, -0.2) is 35.5 Å². The van der Waals surface area contributed by atoms with Crippen LogP contribution in [-0.2, 0) is 6.42 Å². The predicted molar refractivity (Wildman–Crippen MR) is 113 cm³/mol. The largest absolute Gasteiger partial charge is 0.370 e. The van der Waals surface area contributed by atoms with E-state index < -0.39 is 0 Å². The molecule has 0 saturated carbocycles. The fourth-order valence-corrected chi connectivity index (χ4v) is 3.68. The van der Waals surface area contributed by atoms with Crippen molar-refractivity contribution in [2.45, 2.75) is 32.1 Å². The molecule has 1 aliphatic rings. The van der Waals surface area contributed by atoms with Gasteiger partial charge in [-0.25, -0.2) is 4.98 Å². The first-order valence-corrected chi connectivity index (χ1v) is 9.25. The van der Waals surface area contributed by atoms with E-state index in [4.69, 9.17) is 10.7 Å². The molecule has 2 N–H and O–H groups in total. The van der Waals surface area contributed by atoms with Gasteiger partial charge < -0.3 is 10.6 Å². The van der Waals surface area contributed by atoms with E-state index in [-0.39, 0.29) is 24.0 Å². The van der Waals surface area contributed by atoms with Crippen molar-refractivity contribution in [2.75, 3.05) is 19.6 Å². The van der Waals surface area contributed by atoms with E-state index in [1.54, 1.807) is 11.3 Å². The molecule has 1 aromatic carbocycles. The number of nitrogens with two attached hydrogens (primary N) is 1. The van der Waals surface area contributed by atoms with Crippen molar-refractivity contribution < 1.29 is 0 Å². The molecule has 0 unspecified atom stereocenters. The Bertz CT molecular complexity index is 633. The first-order chi connectivity index (χ1) is 11.3. The standard InChI is InChI=1S/C18H24N4S.HI/c19-18(22-12-6-1-2-7-13-22)20-11-10-16-14-23-17(21-16)15-8-4-3-5-9-15;/h3-5,8-9,14H,1-2,6-7,10-13H2,(H2,19,20);1H. The Hall–Kier alpha value is -1.15. The Morgan fingerprint density at radius 3 is 2.54 bits per heavy atom. The van der Waals surface area contributed by atoms with Gasteiger partial charge in [-0.05, 0) is 12.8 Å². The Morgan fingerprint density at radius 2 is 1.83 bits per heavy atom. The number of benzene rings is 1. The van der Waals surface area contributed by atoms with Crippen LogP contribution < -0.4 is 5.73 Å². The highest BCUT2D eigenvalue weighted by atomic mass is 127. The minimum absolute atomic E-state index is 0. The molecule has 2 heterocycles. The SMILES string of the molecule is I.NC(=NCCc1csc(-c2ccccc2)n1)N1CCCCCC1. The number of rotatable bonds is 4. The summed E-state index contributed by atoms with van der Waals surface area (Å²) >= 11 is 1.69. The number of nitrogens with zero attached hydrogens (tertiary/aromatic N) is 3. The van der Waals surface area contributed by atoms with E-state index in [0.29, 0.717) is 12.5 Å². The van der Waals surface area contributed by atoms with E-state index in [1.165, 1.54) is 31.2 Å². The maximum atomic E-state index is 6.14. The maximum absolute atomic E-state index is 6.14. The molecule has 24 heavy (non-hydrogen) atoms. The first kappa shape index (κ1) is 19.2. The molecule has 0 atom stereocenters. The molecule has 0 bridgehead atoms. The summed E-state index contributed by atoms with van der Waals surface area (Å²) in [5.41, 5.74) is 8.41. The average Bonchev–Trinajstić information content (AvgIpc) is 2.89. The molecule has 6 heteroatoms. The first-order valence-electron chi connectivity index (χ1n) is 8.37. The van der Waals surface area contributed by atoms with Crippen molar-refractivity contribution in [1.82, 2.24) is 9.88 Å². The number of aromatic nitrogens is 1. The average molecular weight is 456 g/mol. The van der Waals surface area contributed by atoms with E-state index in [0.717, 1.165) is 30.2 Å². The molecule has 0 spiro atoms. The second-order valence-corrected chi connectivity index (χ2v) is 6.76. The molecule has 4 nitrogen and oxygen atoms in total. The van der Waals surface area contributed by atoms with Crippen LogP contribution >= 0.6 is 35.3 Å². The zero-order chi connectivity index (χ0) is 15.9. The molecule has 2 aromatic rings. The summed E-state index contributed by atoms with van der Waals surface area (Å²) in [6.45, 7) is 2.80. The normalized spacial score (nSPS) is 15.7. The summed E-state index contributed by atoms with van der Waals surface area (Å²) in [6, 6.07) is 10.3. The van der Waals surface area contributed by atoms with Gasteiger partial charge in [0.2, 0.25) is 0 Å². The highest BCUT2D eigenvalue weighted by molar-refractivity contribution is 14.0. The summed E-state index contributed by atoms with van der Waals surface area (Å²) < 4.78 is 0. The quantitative estimate of drug-likeness (QED) is 0.427. The van der Waals surface area contributed by atoms with Gasteiger partial charge in [-0.2, -0.15) is 0 Å². The van der Waals surface area contributed by atoms with Gasteiger partial charge in [0.25, 0.3) is 0 Å². The van der Waals surface area contributed by atoms with Crippen molar-refractivity contribution >= 4 is 41.3 Å². The third-order valence-corrected chi connectivity index (χ3v) is 5.08. The predicted octanol–water partition coefficient (Wildman–Crippen LogP) is 4.16. The molecule has 0 amide bonds.